The van der Waals surface area contributed by atoms with E-state index in [1.54, 1.807) is 28.9 Å². The molecule has 2 N–H and O–H groups in total. The number of carboxylic acid groups (broad SMARTS) is 1. The Morgan fingerprint density at radius 1 is 1.30 bits per heavy atom. The van der Waals surface area contributed by atoms with Gasteiger partial charge in [0.05, 0.1) is 5.54 Å². The zero-order valence-electron chi connectivity index (χ0n) is 12.9. The molecule has 0 spiro atoms. The monoisotopic (exact) mass is 380 g/mol. The summed E-state index contributed by atoms with van der Waals surface area (Å²) in [6.07, 6.45) is 1.45. The maximum absolute atomic E-state index is 12.3. The van der Waals surface area contributed by atoms with E-state index in [2.05, 4.69) is 31.3 Å². The second-order valence-electron chi connectivity index (χ2n) is 5.95. The largest absolute Gasteiger partial charge is 0.479 e. The summed E-state index contributed by atoms with van der Waals surface area (Å²) in [5.74, 6) is -1.88. The summed E-state index contributed by atoms with van der Waals surface area (Å²) in [6.45, 7) is 5.76. The molecule has 0 saturated heterocycles. The highest BCUT2D eigenvalue weighted by atomic mass is 79.9. The Balaban J connectivity index is 2.24. The topological polar surface area (TPSA) is 97.1 Å². The van der Waals surface area contributed by atoms with Gasteiger partial charge >= 0.3 is 5.97 Å². The molecular weight excluding hydrogens is 364 g/mol. The van der Waals surface area contributed by atoms with Crippen LogP contribution < -0.4 is 5.32 Å². The molecule has 0 saturated carbocycles. The minimum Gasteiger partial charge on any atom is -0.479 e. The number of aliphatic carboxylic acids is 1. The van der Waals surface area contributed by atoms with Crippen molar-refractivity contribution in [3.05, 3.63) is 46.5 Å². The van der Waals surface area contributed by atoms with Crippen LogP contribution in [0.2, 0.25) is 0 Å². The van der Waals surface area contributed by atoms with Crippen molar-refractivity contribution in [1.82, 2.24) is 20.1 Å². The van der Waals surface area contributed by atoms with Crippen LogP contribution >= 0.6 is 15.9 Å². The Morgan fingerprint density at radius 2 is 1.96 bits per heavy atom. The van der Waals surface area contributed by atoms with Gasteiger partial charge in [0.1, 0.15) is 6.33 Å². The quantitative estimate of drug-likeness (QED) is 0.848. The Kier molecular flexibility index (Phi) is 4.84. The molecule has 1 atom stereocenters. The van der Waals surface area contributed by atoms with Gasteiger partial charge in [-0.25, -0.2) is 14.5 Å². The number of hydrogen-bond donors (Lipinski definition) is 2. The first kappa shape index (κ1) is 17.1. The molecule has 1 amide bonds. The first-order valence-electron chi connectivity index (χ1n) is 6.90. The van der Waals surface area contributed by atoms with Crippen molar-refractivity contribution in [3.8, 4) is 0 Å². The average molecular weight is 381 g/mol. The van der Waals surface area contributed by atoms with Gasteiger partial charge in [0, 0.05) is 4.47 Å². The van der Waals surface area contributed by atoms with Crippen LogP contribution in [0.1, 0.15) is 43.0 Å². The van der Waals surface area contributed by atoms with Crippen LogP contribution in [0.4, 0.5) is 0 Å². The van der Waals surface area contributed by atoms with Gasteiger partial charge in [-0.05, 0) is 32.4 Å². The first-order valence-corrected chi connectivity index (χ1v) is 7.69. The molecule has 1 aromatic heterocycles. The smallest absolute Gasteiger partial charge is 0.330 e. The van der Waals surface area contributed by atoms with Crippen molar-refractivity contribution in [1.29, 1.82) is 0 Å². The SMILES string of the molecule is CC(C)(C)n1cnc(C(=O)NC(C(=O)O)c2ccccc2Br)n1. The van der Waals surface area contributed by atoms with E-state index in [1.165, 1.54) is 6.33 Å². The molecule has 0 aliphatic heterocycles. The molecular formula is C15H17BrN4O3. The summed E-state index contributed by atoms with van der Waals surface area (Å²) in [6, 6.07) is 5.61. The highest BCUT2D eigenvalue weighted by molar-refractivity contribution is 9.10. The summed E-state index contributed by atoms with van der Waals surface area (Å²) in [5.41, 5.74) is 0.129. The van der Waals surface area contributed by atoms with E-state index >= 15 is 0 Å². The molecule has 0 fully saturated rings. The lowest BCUT2D eigenvalue weighted by molar-refractivity contribution is -0.139. The molecule has 0 aliphatic rings. The third-order valence-corrected chi connectivity index (χ3v) is 3.84. The number of halogens is 1. The normalized spacial score (nSPS) is 12.7. The van der Waals surface area contributed by atoms with Crippen molar-refractivity contribution in [2.24, 2.45) is 0 Å². The van der Waals surface area contributed by atoms with Gasteiger partial charge in [-0.15, -0.1) is 5.10 Å². The van der Waals surface area contributed by atoms with Crippen molar-refractivity contribution in [2.75, 3.05) is 0 Å². The highest BCUT2D eigenvalue weighted by Crippen LogP contribution is 2.23. The van der Waals surface area contributed by atoms with Crippen molar-refractivity contribution >= 4 is 27.8 Å². The minimum absolute atomic E-state index is 0.0711. The fourth-order valence-electron chi connectivity index (χ4n) is 1.87. The number of carboxylic acids is 1. The van der Waals surface area contributed by atoms with E-state index in [-0.39, 0.29) is 11.4 Å². The van der Waals surface area contributed by atoms with E-state index < -0.39 is 17.9 Å². The standard InChI is InChI=1S/C15H17BrN4O3/c1-15(2,3)20-8-17-12(19-20)13(21)18-11(14(22)23)9-6-4-5-7-10(9)16/h4-8,11H,1-3H3,(H,18,21)(H,22,23). The molecule has 7 nitrogen and oxygen atoms in total. The lowest BCUT2D eigenvalue weighted by atomic mass is 10.1. The summed E-state index contributed by atoms with van der Waals surface area (Å²) < 4.78 is 2.15. The predicted molar refractivity (Wildman–Crippen MR) is 87.0 cm³/mol. The Labute approximate surface area is 141 Å². The number of carbonyl (C=O) groups excluding carboxylic acids is 1. The molecule has 2 aromatic rings. The second-order valence-corrected chi connectivity index (χ2v) is 6.80. The summed E-state index contributed by atoms with van der Waals surface area (Å²) >= 11 is 3.29. The molecule has 122 valence electrons. The van der Waals surface area contributed by atoms with Crippen LogP contribution in [-0.2, 0) is 10.3 Å². The zero-order valence-corrected chi connectivity index (χ0v) is 14.5. The Bertz CT molecular complexity index is 736. The Morgan fingerprint density at radius 3 is 2.48 bits per heavy atom. The van der Waals surface area contributed by atoms with Gasteiger partial charge in [-0.3, -0.25) is 4.79 Å². The first-order chi connectivity index (χ1) is 10.7. The van der Waals surface area contributed by atoms with E-state index in [1.807, 2.05) is 20.8 Å². The maximum atomic E-state index is 12.3. The van der Waals surface area contributed by atoms with E-state index in [0.717, 1.165) is 0 Å². The zero-order chi connectivity index (χ0) is 17.2. The number of amides is 1. The molecule has 1 unspecified atom stereocenters. The number of hydrogen-bond acceptors (Lipinski definition) is 4. The third kappa shape index (κ3) is 3.95. The maximum Gasteiger partial charge on any atom is 0.330 e. The summed E-state index contributed by atoms with van der Waals surface area (Å²) in [7, 11) is 0. The number of rotatable bonds is 4. The molecule has 1 aromatic carbocycles. The van der Waals surface area contributed by atoms with Gasteiger partial charge < -0.3 is 10.4 Å². The molecule has 1 heterocycles. The van der Waals surface area contributed by atoms with Crippen LogP contribution in [0.3, 0.4) is 0 Å². The number of carbonyl (C=O) groups is 2. The van der Waals surface area contributed by atoms with E-state index in [9.17, 15) is 14.7 Å². The molecule has 0 bridgehead atoms. The number of aromatic nitrogens is 3. The van der Waals surface area contributed by atoms with Crippen molar-refractivity contribution < 1.29 is 14.7 Å². The number of nitrogens with one attached hydrogen (secondary N) is 1. The summed E-state index contributed by atoms with van der Waals surface area (Å²) in [4.78, 5) is 27.7. The van der Waals surface area contributed by atoms with E-state index in [0.29, 0.717) is 10.0 Å². The third-order valence-electron chi connectivity index (χ3n) is 3.12. The molecule has 2 rings (SSSR count). The van der Waals surface area contributed by atoms with Crippen LogP contribution in [0, 0.1) is 0 Å². The van der Waals surface area contributed by atoms with Crippen LogP contribution in [-0.4, -0.2) is 31.7 Å². The fraction of sp³-hybridized carbons (Fsp3) is 0.333. The number of benzene rings is 1. The van der Waals surface area contributed by atoms with E-state index in [4.69, 9.17) is 0 Å². The molecule has 8 heteroatoms. The van der Waals surface area contributed by atoms with Crippen LogP contribution in [0.5, 0.6) is 0 Å². The number of nitrogens with zero attached hydrogens (tertiary/aromatic N) is 3. The fourth-order valence-corrected chi connectivity index (χ4v) is 2.38. The van der Waals surface area contributed by atoms with Gasteiger partial charge in [-0.2, -0.15) is 0 Å². The van der Waals surface area contributed by atoms with Crippen LogP contribution in [0.25, 0.3) is 0 Å². The van der Waals surface area contributed by atoms with Crippen LogP contribution in [0.15, 0.2) is 35.1 Å². The molecule has 0 radical (unpaired) electrons. The predicted octanol–water partition coefficient (Wildman–Crippen LogP) is 2.35. The Hall–Kier alpha value is -2.22. The van der Waals surface area contributed by atoms with Crippen molar-refractivity contribution in [3.63, 3.8) is 0 Å². The highest BCUT2D eigenvalue weighted by Gasteiger charge is 2.26. The van der Waals surface area contributed by atoms with Gasteiger partial charge in [0.15, 0.2) is 6.04 Å². The van der Waals surface area contributed by atoms with Gasteiger partial charge in [0.25, 0.3) is 5.91 Å². The lowest BCUT2D eigenvalue weighted by Crippen LogP contribution is -2.35. The minimum atomic E-state index is -1.19. The summed E-state index contributed by atoms with van der Waals surface area (Å²) in [5, 5.41) is 15.9. The molecule has 23 heavy (non-hydrogen) atoms. The van der Waals surface area contributed by atoms with Gasteiger partial charge in [0.2, 0.25) is 5.82 Å². The van der Waals surface area contributed by atoms with Crippen molar-refractivity contribution in [2.45, 2.75) is 32.4 Å². The average Bonchev–Trinajstić information content (AvgIpc) is 2.95. The lowest BCUT2D eigenvalue weighted by Gasteiger charge is -2.18. The van der Waals surface area contributed by atoms with Gasteiger partial charge in [-0.1, -0.05) is 34.1 Å². The second kappa shape index (κ2) is 6.49. The molecule has 0 aliphatic carbocycles.